The zero-order valence-electron chi connectivity index (χ0n) is 9.48. The predicted octanol–water partition coefficient (Wildman–Crippen LogP) is 1.07. The van der Waals surface area contributed by atoms with E-state index in [1.807, 2.05) is 6.92 Å². The van der Waals surface area contributed by atoms with E-state index in [2.05, 4.69) is 15.5 Å². The smallest absolute Gasteiger partial charge is 0.246 e. The molecular weight excluding hydrogens is 206 g/mol. The first-order chi connectivity index (χ1) is 7.83. The average molecular weight is 223 g/mol. The summed E-state index contributed by atoms with van der Waals surface area (Å²) in [7, 11) is 0. The number of nitrogens with one attached hydrogen (secondary N) is 1. The highest BCUT2D eigenvalue weighted by Gasteiger charge is 2.29. The Morgan fingerprint density at radius 1 is 1.44 bits per heavy atom. The van der Waals surface area contributed by atoms with Crippen LogP contribution in [0.4, 0.5) is 0 Å². The molecule has 2 heterocycles. The quantitative estimate of drug-likeness (QED) is 0.830. The van der Waals surface area contributed by atoms with E-state index >= 15 is 0 Å². The molecular formula is C11H17N3O2. The highest BCUT2D eigenvalue weighted by Crippen LogP contribution is 2.32. The number of ether oxygens (including phenoxy) is 1. The summed E-state index contributed by atoms with van der Waals surface area (Å²) < 4.78 is 10.9. The number of hydrogen-bond donors (Lipinski definition) is 1. The molecule has 0 bridgehead atoms. The Morgan fingerprint density at radius 3 is 3.06 bits per heavy atom. The molecule has 5 nitrogen and oxygen atoms in total. The van der Waals surface area contributed by atoms with E-state index in [0.717, 1.165) is 31.3 Å². The summed E-state index contributed by atoms with van der Waals surface area (Å²) in [5.41, 5.74) is 0. The molecule has 16 heavy (non-hydrogen) atoms. The summed E-state index contributed by atoms with van der Waals surface area (Å²) in [4.78, 5) is 4.44. The van der Waals surface area contributed by atoms with Gasteiger partial charge in [-0.1, -0.05) is 5.16 Å². The summed E-state index contributed by atoms with van der Waals surface area (Å²) in [5.74, 6) is 2.30. The standard InChI is InChI=1S/C11H17N3O2/c1-7-10(12-4-5-15-7)11-13-9(14-16-11)6-8-2-3-8/h7-8,10,12H,2-6H2,1H3/t7-,10+/m1/s1. The van der Waals surface area contributed by atoms with Crippen molar-refractivity contribution >= 4 is 0 Å². The zero-order chi connectivity index (χ0) is 11.0. The first-order valence-electron chi connectivity index (χ1n) is 6.00. The van der Waals surface area contributed by atoms with Crippen LogP contribution >= 0.6 is 0 Å². The molecule has 0 unspecified atom stereocenters. The van der Waals surface area contributed by atoms with Crippen molar-refractivity contribution in [3.05, 3.63) is 11.7 Å². The molecule has 1 aromatic heterocycles. The molecule has 1 aliphatic carbocycles. The van der Waals surface area contributed by atoms with Crippen LogP contribution in [-0.4, -0.2) is 29.4 Å². The maximum absolute atomic E-state index is 5.56. The van der Waals surface area contributed by atoms with Gasteiger partial charge in [0, 0.05) is 13.0 Å². The van der Waals surface area contributed by atoms with Crippen LogP contribution in [0.1, 0.15) is 37.5 Å². The molecule has 3 rings (SSSR count). The summed E-state index contributed by atoms with van der Waals surface area (Å²) in [6.45, 7) is 3.62. The first-order valence-corrected chi connectivity index (χ1v) is 6.00. The van der Waals surface area contributed by atoms with Crippen molar-refractivity contribution in [1.29, 1.82) is 0 Å². The lowest BCUT2D eigenvalue weighted by atomic mass is 10.1. The minimum absolute atomic E-state index is 0.0502. The average Bonchev–Trinajstić information content (AvgIpc) is 2.97. The molecule has 1 saturated carbocycles. The predicted molar refractivity (Wildman–Crippen MR) is 56.9 cm³/mol. The van der Waals surface area contributed by atoms with Crippen LogP contribution in [0.25, 0.3) is 0 Å². The third-order valence-electron chi connectivity index (χ3n) is 3.23. The van der Waals surface area contributed by atoms with Gasteiger partial charge in [0.2, 0.25) is 5.89 Å². The number of nitrogens with zero attached hydrogens (tertiary/aromatic N) is 2. The Kier molecular flexibility index (Phi) is 2.65. The molecule has 5 heteroatoms. The molecule has 1 saturated heterocycles. The van der Waals surface area contributed by atoms with Gasteiger partial charge in [0.1, 0.15) is 6.04 Å². The van der Waals surface area contributed by atoms with Gasteiger partial charge >= 0.3 is 0 Å². The second-order valence-corrected chi connectivity index (χ2v) is 4.70. The lowest BCUT2D eigenvalue weighted by Gasteiger charge is -2.27. The van der Waals surface area contributed by atoms with Crippen molar-refractivity contribution in [2.24, 2.45) is 5.92 Å². The second kappa shape index (κ2) is 4.14. The van der Waals surface area contributed by atoms with Gasteiger partial charge in [-0.05, 0) is 25.7 Å². The normalized spacial score (nSPS) is 30.6. The van der Waals surface area contributed by atoms with Crippen LogP contribution in [0.15, 0.2) is 4.52 Å². The molecule has 2 fully saturated rings. The van der Waals surface area contributed by atoms with Gasteiger partial charge in [-0.25, -0.2) is 0 Å². The van der Waals surface area contributed by atoms with Crippen LogP contribution < -0.4 is 5.32 Å². The molecule has 2 aliphatic rings. The third-order valence-corrected chi connectivity index (χ3v) is 3.23. The Hall–Kier alpha value is -0.940. The van der Waals surface area contributed by atoms with Gasteiger partial charge in [-0.2, -0.15) is 4.98 Å². The van der Waals surface area contributed by atoms with Gasteiger partial charge in [0.15, 0.2) is 5.82 Å². The van der Waals surface area contributed by atoms with Crippen molar-refractivity contribution in [3.63, 3.8) is 0 Å². The second-order valence-electron chi connectivity index (χ2n) is 4.70. The first kappa shape index (κ1) is 10.2. The minimum atomic E-state index is 0.0502. The number of aromatic nitrogens is 2. The van der Waals surface area contributed by atoms with E-state index in [4.69, 9.17) is 9.26 Å². The molecule has 1 aliphatic heterocycles. The Morgan fingerprint density at radius 2 is 2.31 bits per heavy atom. The molecule has 0 spiro atoms. The highest BCUT2D eigenvalue weighted by molar-refractivity contribution is 4.98. The van der Waals surface area contributed by atoms with Crippen LogP contribution in [0, 0.1) is 5.92 Å². The summed E-state index contributed by atoms with van der Waals surface area (Å²) in [6, 6.07) is 0.0502. The molecule has 1 N–H and O–H groups in total. The fourth-order valence-corrected chi connectivity index (χ4v) is 2.07. The van der Waals surface area contributed by atoms with Gasteiger partial charge < -0.3 is 14.6 Å². The molecule has 1 aromatic rings. The lowest BCUT2D eigenvalue weighted by Crippen LogP contribution is -2.40. The van der Waals surface area contributed by atoms with Crippen LogP contribution in [0.5, 0.6) is 0 Å². The topological polar surface area (TPSA) is 60.2 Å². The van der Waals surface area contributed by atoms with Crippen LogP contribution in [0.2, 0.25) is 0 Å². The van der Waals surface area contributed by atoms with E-state index in [-0.39, 0.29) is 12.1 Å². The zero-order valence-corrected chi connectivity index (χ0v) is 9.48. The van der Waals surface area contributed by atoms with Crippen molar-refractivity contribution in [1.82, 2.24) is 15.5 Å². The summed E-state index contributed by atoms with van der Waals surface area (Å²) in [5, 5.41) is 7.37. The minimum Gasteiger partial charge on any atom is -0.375 e. The van der Waals surface area contributed by atoms with Crippen molar-refractivity contribution < 1.29 is 9.26 Å². The van der Waals surface area contributed by atoms with E-state index < -0.39 is 0 Å². The van der Waals surface area contributed by atoms with Gasteiger partial charge in [-0.15, -0.1) is 0 Å². The largest absolute Gasteiger partial charge is 0.375 e. The Balaban J connectivity index is 1.69. The fraction of sp³-hybridized carbons (Fsp3) is 0.818. The van der Waals surface area contributed by atoms with E-state index in [9.17, 15) is 0 Å². The number of morpholine rings is 1. The van der Waals surface area contributed by atoms with E-state index in [1.54, 1.807) is 0 Å². The number of hydrogen-bond acceptors (Lipinski definition) is 5. The molecule has 2 atom stereocenters. The molecule has 0 radical (unpaired) electrons. The van der Waals surface area contributed by atoms with Crippen LogP contribution in [0.3, 0.4) is 0 Å². The van der Waals surface area contributed by atoms with Crippen molar-refractivity contribution in [2.45, 2.75) is 38.3 Å². The van der Waals surface area contributed by atoms with Gasteiger partial charge in [0.05, 0.1) is 12.7 Å². The number of rotatable bonds is 3. The molecule has 88 valence electrons. The third kappa shape index (κ3) is 2.10. The summed E-state index contributed by atoms with van der Waals surface area (Å²) in [6.07, 6.45) is 3.68. The van der Waals surface area contributed by atoms with E-state index in [0.29, 0.717) is 5.89 Å². The maximum Gasteiger partial charge on any atom is 0.246 e. The Bertz CT molecular complexity index is 362. The monoisotopic (exact) mass is 223 g/mol. The fourth-order valence-electron chi connectivity index (χ4n) is 2.07. The van der Waals surface area contributed by atoms with E-state index in [1.165, 1.54) is 12.8 Å². The van der Waals surface area contributed by atoms with Crippen molar-refractivity contribution in [2.75, 3.05) is 13.2 Å². The SMILES string of the molecule is C[C@H]1OCCN[C@@H]1c1nc(CC2CC2)no1. The van der Waals surface area contributed by atoms with Crippen molar-refractivity contribution in [3.8, 4) is 0 Å². The van der Waals surface area contributed by atoms with Crippen LogP contribution in [-0.2, 0) is 11.2 Å². The maximum atomic E-state index is 5.56. The van der Waals surface area contributed by atoms with Gasteiger partial charge in [-0.3, -0.25) is 0 Å². The lowest BCUT2D eigenvalue weighted by molar-refractivity contribution is -0.00136. The Labute approximate surface area is 94.6 Å². The highest BCUT2D eigenvalue weighted by atomic mass is 16.5. The summed E-state index contributed by atoms with van der Waals surface area (Å²) >= 11 is 0. The molecule has 0 aromatic carbocycles. The van der Waals surface area contributed by atoms with Gasteiger partial charge in [0.25, 0.3) is 0 Å². The molecule has 0 amide bonds.